The molecule has 0 saturated heterocycles. The van der Waals surface area contributed by atoms with Crippen molar-refractivity contribution in [2.75, 3.05) is 4.72 Å². The molecular formula is C15H11N3O3S2. The van der Waals surface area contributed by atoms with Gasteiger partial charge < -0.3 is 4.57 Å². The molecule has 0 aliphatic carbocycles. The van der Waals surface area contributed by atoms with Crippen LogP contribution in [0.5, 0.6) is 0 Å². The SMILES string of the molecule is Cn1c(=O)sc2cc(S(=O)(=O)Nc3cccc(C#N)c3)ccc21. The van der Waals surface area contributed by atoms with Crippen LogP contribution in [0.2, 0.25) is 0 Å². The average molecular weight is 345 g/mol. The lowest BCUT2D eigenvalue weighted by Crippen LogP contribution is -2.13. The van der Waals surface area contributed by atoms with E-state index in [0.29, 0.717) is 21.5 Å². The predicted molar refractivity (Wildman–Crippen MR) is 89.0 cm³/mol. The second-order valence-electron chi connectivity index (χ2n) is 4.85. The molecule has 23 heavy (non-hydrogen) atoms. The van der Waals surface area contributed by atoms with Crippen molar-refractivity contribution in [3.05, 3.63) is 57.7 Å². The van der Waals surface area contributed by atoms with Gasteiger partial charge in [-0.25, -0.2) is 8.42 Å². The molecule has 0 bridgehead atoms. The molecule has 0 fully saturated rings. The summed E-state index contributed by atoms with van der Waals surface area (Å²) in [7, 11) is -2.16. The molecule has 2 aromatic carbocycles. The Morgan fingerprint density at radius 3 is 2.74 bits per heavy atom. The number of hydrogen-bond acceptors (Lipinski definition) is 5. The fourth-order valence-corrected chi connectivity index (χ4v) is 4.22. The quantitative estimate of drug-likeness (QED) is 0.788. The summed E-state index contributed by atoms with van der Waals surface area (Å²) in [5, 5.41) is 8.87. The Hall–Kier alpha value is -2.63. The first-order chi connectivity index (χ1) is 10.9. The standard InChI is InChI=1S/C15H11N3O3S2/c1-18-13-6-5-12(8-14(13)22-15(18)19)23(20,21)17-11-4-2-3-10(7-11)9-16/h2-8,17H,1H3. The number of aromatic nitrogens is 1. The van der Waals surface area contributed by atoms with Crippen LogP contribution in [0.1, 0.15) is 5.56 Å². The normalized spacial score (nSPS) is 11.3. The Bertz CT molecular complexity index is 1100. The molecule has 0 saturated carbocycles. The van der Waals surface area contributed by atoms with Gasteiger partial charge in [0.05, 0.1) is 32.4 Å². The van der Waals surface area contributed by atoms with E-state index >= 15 is 0 Å². The first-order valence-electron chi connectivity index (χ1n) is 6.53. The van der Waals surface area contributed by atoms with Crippen LogP contribution in [0, 0.1) is 11.3 Å². The van der Waals surface area contributed by atoms with Gasteiger partial charge in [0.1, 0.15) is 0 Å². The molecule has 3 rings (SSSR count). The van der Waals surface area contributed by atoms with Crippen molar-refractivity contribution in [3.8, 4) is 6.07 Å². The number of nitrogens with zero attached hydrogens (tertiary/aromatic N) is 2. The number of anilines is 1. The minimum absolute atomic E-state index is 0.0641. The van der Waals surface area contributed by atoms with E-state index in [2.05, 4.69) is 4.72 Å². The third kappa shape index (κ3) is 2.84. The Morgan fingerprint density at radius 2 is 2.00 bits per heavy atom. The summed E-state index contributed by atoms with van der Waals surface area (Å²) < 4.78 is 29.4. The predicted octanol–water partition coefficient (Wildman–Crippen LogP) is 2.27. The Kier molecular flexibility index (Phi) is 3.67. The molecule has 116 valence electrons. The van der Waals surface area contributed by atoms with Crippen LogP contribution in [0.15, 0.2) is 52.2 Å². The lowest BCUT2D eigenvalue weighted by molar-refractivity contribution is 0.601. The van der Waals surface area contributed by atoms with E-state index in [1.165, 1.54) is 22.8 Å². The summed E-state index contributed by atoms with van der Waals surface area (Å²) in [6, 6.07) is 12.7. The molecule has 0 unspecified atom stereocenters. The van der Waals surface area contributed by atoms with Gasteiger partial charge in [-0.1, -0.05) is 17.4 Å². The maximum Gasteiger partial charge on any atom is 0.307 e. The minimum Gasteiger partial charge on any atom is -0.302 e. The van der Waals surface area contributed by atoms with Crippen molar-refractivity contribution < 1.29 is 8.42 Å². The first kappa shape index (κ1) is 15.3. The van der Waals surface area contributed by atoms with E-state index in [9.17, 15) is 13.2 Å². The van der Waals surface area contributed by atoms with Crippen molar-refractivity contribution in [1.29, 1.82) is 5.26 Å². The molecule has 1 N–H and O–H groups in total. The molecule has 0 aliphatic rings. The number of rotatable bonds is 3. The van der Waals surface area contributed by atoms with Crippen molar-refractivity contribution in [2.45, 2.75) is 4.90 Å². The summed E-state index contributed by atoms with van der Waals surface area (Å²) >= 11 is 0.994. The maximum absolute atomic E-state index is 12.5. The van der Waals surface area contributed by atoms with E-state index in [-0.39, 0.29) is 9.77 Å². The molecule has 0 radical (unpaired) electrons. The lowest BCUT2D eigenvalue weighted by atomic mass is 10.2. The fraction of sp³-hybridized carbons (Fsp3) is 0.0667. The van der Waals surface area contributed by atoms with E-state index < -0.39 is 10.0 Å². The number of benzene rings is 2. The van der Waals surface area contributed by atoms with Crippen molar-refractivity contribution >= 4 is 37.3 Å². The molecule has 1 aromatic heterocycles. The summed E-state index contributed by atoms with van der Waals surface area (Å²) in [5.74, 6) is 0. The van der Waals surface area contributed by atoms with Crippen molar-refractivity contribution in [3.63, 3.8) is 0 Å². The topological polar surface area (TPSA) is 92.0 Å². The number of nitrogens with one attached hydrogen (secondary N) is 1. The summed E-state index contributed by atoms with van der Waals surface area (Å²) in [6.45, 7) is 0. The van der Waals surface area contributed by atoms with Gasteiger partial charge >= 0.3 is 4.87 Å². The zero-order chi connectivity index (χ0) is 16.6. The van der Waals surface area contributed by atoms with Gasteiger partial charge in [-0.15, -0.1) is 0 Å². The molecule has 1 heterocycles. The number of sulfonamides is 1. The summed E-state index contributed by atoms with van der Waals surface area (Å²) in [5.41, 5.74) is 1.36. The van der Waals surface area contributed by atoms with E-state index in [0.717, 1.165) is 11.3 Å². The first-order valence-corrected chi connectivity index (χ1v) is 8.83. The fourth-order valence-electron chi connectivity index (χ4n) is 2.15. The highest BCUT2D eigenvalue weighted by molar-refractivity contribution is 7.92. The van der Waals surface area contributed by atoms with Gasteiger partial charge in [0, 0.05) is 7.05 Å². The van der Waals surface area contributed by atoms with Crippen LogP contribution >= 0.6 is 11.3 Å². The molecule has 8 heteroatoms. The second-order valence-corrected chi connectivity index (χ2v) is 7.53. The Morgan fingerprint density at radius 1 is 1.22 bits per heavy atom. The van der Waals surface area contributed by atoms with Crippen LogP contribution in [0.3, 0.4) is 0 Å². The monoisotopic (exact) mass is 345 g/mol. The second kappa shape index (κ2) is 5.53. The zero-order valence-electron chi connectivity index (χ0n) is 12.0. The zero-order valence-corrected chi connectivity index (χ0v) is 13.6. The molecule has 3 aromatic rings. The van der Waals surface area contributed by atoms with Gasteiger partial charge in [-0.3, -0.25) is 9.52 Å². The lowest BCUT2D eigenvalue weighted by Gasteiger charge is -2.08. The molecule has 6 nitrogen and oxygen atoms in total. The molecule has 0 aliphatic heterocycles. The van der Waals surface area contributed by atoms with E-state index in [4.69, 9.17) is 5.26 Å². The number of aryl methyl sites for hydroxylation is 1. The summed E-state index contributed by atoms with van der Waals surface area (Å²) in [4.78, 5) is 11.6. The molecule has 0 atom stereocenters. The molecule has 0 spiro atoms. The van der Waals surface area contributed by atoms with Crippen LogP contribution in [0.4, 0.5) is 5.69 Å². The van der Waals surface area contributed by atoms with Crippen LogP contribution in [-0.2, 0) is 17.1 Å². The van der Waals surface area contributed by atoms with E-state index in [1.54, 1.807) is 31.3 Å². The number of fused-ring (bicyclic) bond motifs is 1. The minimum atomic E-state index is -3.80. The average Bonchev–Trinajstić information content (AvgIpc) is 2.81. The van der Waals surface area contributed by atoms with Gasteiger partial charge in [0.2, 0.25) is 0 Å². The molecule has 0 amide bonds. The van der Waals surface area contributed by atoms with Crippen molar-refractivity contribution in [1.82, 2.24) is 4.57 Å². The smallest absolute Gasteiger partial charge is 0.302 e. The van der Waals surface area contributed by atoms with Gasteiger partial charge in [-0.05, 0) is 36.4 Å². The van der Waals surface area contributed by atoms with Crippen molar-refractivity contribution in [2.24, 2.45) is 7.05 Å². The molecular weight excluding hydrogens is 334 g/mol. The number of hydrogen-bond donors (Lipinski definition) is 1. The Labute approximate surface area is 136 Å². The number of nitriles is 1. The highest BCUT2D eigenvalue weighted by atomic mass is 32.2. The highest BCUT2D eigenvalue weighted by Gasteiger charge is 2.16. The van der Waals surface area contributed by atoms with Gasteiger partial charge in [0.25, 0.3) is 10.0 Å². The maximum atomic E-state index is 12.5. The third-order valence-electron chi connectivity index (χ3n) is 3.32. The number of thiazole rings is 1. The third-order valence-corrected chi connectivity index (χ3v) is 5.69. The Balaban J connectivity index is 2.02. The van der Waals surface area contributed by atoms with Gasteiger partial charge in [0.15, 0.2) is 0 Å². The van der Waals surface area contributed by atoms with E-state index in [1.807, 2.05) is 6.07 Å². The van der Waals surface area contributed by atoms with Gasteiger partial charge in [-0.2, -0.15) is 5.26 Å². The highest BCUT2D eigenvalue weighted by Crippen LogP contribution is 2.23. The van der Waals surface area contributed by atoms with Crippen LogP contribution in [-0.4, -0.2) is 13.0 Å². The van der Waals surface area contributed by atoms with Crippen LogP contribution in [0.25, 0.3) is 10.2 Å². The van der Waals surface area contributed by atoms with Crippen LogP contribution < -0.4 is 9.60 Å². The summed E-state index contributed by atoms with van der Waals surface area (Å²) in [6.07, 6.45) is 0. The largest absolute Gasteiger partial charge is 0.307 e.